The van der Waals surface area contributed by atoms with Crippen molar-refractivity contribution in [1.82, 2.24) is 16.2 Å². The Balaban J connectivity index is 2.39. The lowest BCUT2D eigenvalue weighted by Crippen LogP contribution is -2.51. The Bertz CT molecular complexity index is 550. The number of nitrogens with one attached hydrogen (secondary N) is 3. The first-order valence-electron chi connectivity index (χ1n) is 6.75. The zero-order valence-electron chi connectivity index (χ0n) is 13.1. The lowest BCUT2D eigenvalue weighted by atomic mass is 9.96. The minimum atomic E-state index is -0.557. The molecule has 0 heterocycles. The van der Waals surface area contributed by atoms with E-state index in [1.807, 2.05) is 0 Å². The van der Waals surface area contributed by atoms with Gasteiger partial charge >= 0.3 is 0 Å². The molecule has 0 aliphatic rings. The maximum atomic E-state index is 11.8. The summed E-state index contributed by atoms with van der Waals surface area (Å²) in [6, 6.07) is 7.17. The first-order chi connectivity index (χ1) is 10.2. The van der Waals surface area contributed by atoms with Crippen LogP contribution in [0.4, 0.5) is 0 Å². The number of benzene rings is 1. The van der Waals surface area contributed by atoms with Gasteiger partial charge in [-0.3, -0.25) is 20.4 Å². The van der Waals surface area contributed by atoms with Crippen LogP contribution in [0.1, 0.15) is 26.3 Å². The Morgan fingerprint density at radius 1 is 1.14 bits per heavy atom. The Morgan fingerprint density at radius 3 is 2.23 bits per heavy atom. The molecule has 2 amide bonds. The Labute approximate surface area is 135 Å². The Morgan fingerprint density at radius 2 is 1.73 bits per heavy atom. The molecule has 0 aliphatic carbocycles. The summed E-state index contributed by atoms with van der Waals surface area (Å²) in [7, 11) is 1.58. The molecule has 0 fully saturated rings. The van der Waals surface area contributed by atoms with E-state index in [0.717, 1.165) is 11.3 Å². The highest BCUT2D eigenvalue weighted by Crippen LogP contribution is 2.12. The van der Waals surface area contributed by atoms with Gasteiger partial charge in [-0.15, -0.1) is 0 Å². The second-order valence-corrected chi connectivity index (χ2v) is 6.14. The number of ether oxygens (including phenoxy) is 1. The van der Waals surface area contributed by atoms with Crippen LogP contribution >= 0.6 is 12.2 Å². The molecule has 0 bridgehead atoms. The number of rotatable bonds is 3. The summed E-state index contributed by atoms with van der Waals surface area (Å²) in [4.78, 5) is 23.5. The summed E-state index contributed by atoms with van der Waals surface area (Å²) >= 11 is 4.94. The van der Waals surface area contributed by atoms with Gasteiger partial charge in [0.2, 0.25) is 11.8 Å². The number of hydrogen-bond acceptors (Lipinski definition) is 4. The van der Waals surface area contributed by atoms with E-state index in [2.05, 4.69) is 16.2 Å². The molecule has 1 rings (SSSR count). The molecule has 0 aromatic heterocycles. The van der Waals surface area contributed by atoms with Gasteiger partial charge in [0.25, 0.3) is 0 Å². The fourth-order valence-electron chi connectivity index (χ4n) is 1.42. The van der Waals surface area contributed by atoms with Crippen LogP contribution in [0.25, 0.3) is 0 Å². The summed E-state index contributed by atoms with van der Waals surface area (Å²) in [6.07, 6.45) is 0.187. The maximum absolute atomic E-state index is 11.8. The van der Waals surface area contributed by atoms with Crippen LogP contribution in [-0.2, 0) is 16.0 Å². The quantitative estimate of drug-likeness (QED) is 0.577. The van der Waals surface area contributed by atoms with Crippen LogP contribution in [0.3, 0.4) is 0 Å². The lowest BCUT2D eigenvalue weighted by Gasteiger charge is -2.18. The average molecular weight is 323 g/mol. The summed E-state index contributed by atoms with van der Waals surface area (Å²) in [5, 5.41) is 2.56. The lowest BCUT2D eigenvalue weighted by molar-refractivity contribution is -0.127. The Hall–Kier alpha value is -2.15. The van der Waals surface area contributed by atoms with Crippen molar-refractivity contribution in [2.45, 2.75) is 27.2 Å². The highest BCUT2D eigenvalue weighted by Gasteiger charge is 2.21. The van der Waals surface area contributed by atoms with Crippen LogP contribution in [0.5, 0.6) is 5.75 Å². The van der Waals surface area contributed by atoms with Gasteiger partial charge in [0, 0.05) is 5.41 Å². The number of thiocarbonyl (C=S) groups is 1. The molecular weight excluding hydrogens is 302 g/mol. The minimum absolute atomic E-state index is 0.0583. The van der Waals surface area contributed by atoms with Gasteiger partial charge in [0.15, 0.2) is 5.11 Å². The van der Waals surface area contributed by atoms with Crippen molar-refractivity contribution in [1.29, 1.82) is 0 Å². The highest BCUT2D eigenvalue weighted by molar-refractivity contribution is 7.80. The first-order valence-corrected chi connectivity index (χ1v) is 7.16. The fraction of sp³-hybridized carbons (Fsp3) is 0.400. The van der Waals surface area contributed by atoms with E-state index in [0.29, 0.717) is 0 Å². The smallest absolute Gasteiger partial charge is 0.242 e. The number of amides is 2. The predicted octanol–water partition coefficient (Wildman–Crippen LogP) is 1.31. The normalized spacial score (nSPS) is 10.5. The molecule has 7 heteroatoms. The van der Waals surface area contributed by atoms with Crippen molar-refractivity contribution < 1.29 is 14.3 Å². The van der Waals surface area contributed by atoms with E-state index >= 15 is 0 Å². The van der Waals surface area contributed by atoms with E-state index < -0.39 is 5.41 Å². The van der Waals surface area contributed by atoms with Crippen LogP contribution in [0, 0.1) is 5.41 Å². The van der Waals surface area contributed by atoms with E-state index in [1.165, 1.54) is 0 Å². The van der Waals surface area contributed by atoms with Crippen LogP contribution in [0.2, 0.25) is 0 Å². The zero-order valence-corrected chi connectivity index (χ0v) is 14.0. The van der Waals surface area contributed by atoms with Crippen LogP contribution in [0.15, 0.2) is 24.3 Å². The van der Waals surface area contributed by atoms with Crippen LogP contribution < -0.4 is 20.9 Å². The predicted molar refractivity (Wildman–Crippen MR) is 88.2 cm³/mol. The SMILES string of the molecule is COc1ccc(CC(=O)NNC(=S)NC(=O)C(C)(C)C)cc1. The van der Waals surface area contributed by atoms with Gasteiger partial charge in [-0.1, -0.05) is 32.9 Å². The van der Waals surface area contributed by atoms with Gasteiger partial charge in [-0.25, -0.2) is 0 Å². The molecule has 0 spiro atoms. The van der Waals surface area contributed by atoms with Gasteiger partial charge in [-0.05, 0) is 29.9 Å². The van der Waals surface area contributed by atoms with Crippen molar-refractivity contribution in [2.24, 2.45) is 5.41 Å². The van der Waals surface area contributed by atoms with E-state index in [4.69, 9.17) is 17.0 Å². The molecular formula is C15H21N3O3S. The highest BCUT2D eigenvalue weighted by atomic mass is 32.1. The monoisotopic (exact) mass is 323 g/mol. The molecule has 3 N–H and O–H groups in total. The van der Waals surface area contributed by atoms with Gasteiger partial charge < -0.3 is 10.1 Å². The van der Waals surface area contributed by atoms with Crippen LogP contribution in [-0.4, -0.2) is 24.0 Å². The third kappa shape index (κ3) is 6.09. The summed E-state index contributed by atoms with van der Waals surface area (Å²) < 4.78 is 5.05. The van der Waals surface area contributed by atoms with E-state index in [-0.39, 0.29) is 23.3 Å². The molecule has 22 heavy (non-hydrogen) atoms. The molecule has 0 unspecified atom stereocenters. The first kappa shape index (κ1) is 17.9. The van der Waals surface area contributed by atoms with Crippen molar-refractivity contribution in [2.75, 3.05) is 7.11 Å². The molecule has 0 aliphatic heterocycles. The summed E-state index contributed by atoms with van der Waals surface area (Å²) in [5.74, 6) is 0.236. The van der Waals surface area contributed by atoms with Gasteiger partial charge in [-0.2, -0.15) is 0 Å². The molecule has 0 radical (unpaired) electrons. The maximum Gasteiger partial charge on any atom is 0.242 e. The molecule has 6 nitrogen and oxygen atoms in total. The number of methoxy groups -OCH3 is 1. The second kappa shape index (κ2) is 7.74. The van der Waals surface area contributed by atoms with Crippen molar-refractivity contribution in [3.8, 4) is 5.75 Å². The standard InChI is InChI=1S/C15H21N3O3S/c1-15(2,3)13(20)16-14(22)18-17-12(19)9-10-5-7-11(21-4)8-6-10/h5-8H,9H2,1-4H3,(H,17,19)(H2,16,18,20,22). The van der Waals surface area contributed by atoms with Crippen molar-refractivity contribution in [3.63, 3.8) is 0 Å². The molecule has 0 saturated carbocycles. The van der Waals surface area contributed by atoms with Gasteiger partial charge in [0.1, 0.15) is 5.75 Å². The molecule has 0 saturated heterocycles. The number of hydrogen-bond donors (Lipinski definition) is 3. The summed E-state index contributed by atoms with van der Waals surface area (Å²) in [6.45, 7) is 5.31. The fourth-order valence-corrected chi connectivity index (χ4v) is 1.57. The third-order valence-corrected chi connectivity index (χ3v) is 2.95. The number of hydrazine groups is 1. The summed E-state index contributed by atoms with van der Waals surface area (Å²) in [5.41, 5.74) is 5.22. The largest absolute Gasteiger partial charge is 0.497 e. The molecule has 0 atom stereocenters. The Kier molecular flexibility index (Phi) is 6.30. The van der Waals surface area contributed by atoms with Crippen molar-refractivity contribution in [3.05, 3.63) is 29.8 Å². The number of carbonyl (C=O) groups is 2. The number of carbonyl (C=O) groups excluding carboxylic acids is 2. The average Bonchev–Trinajstić information content (AvgIpc) is 2.45. The van der Waals surface area contributed by atoms with E-state index in [9.17, 15) is 9.59 Å². The third-order valence-electron chi connectivity index (χ3n) is 2.75. The topological polar surface area (TPSA) is 79.5 Å². The zero-order chi connectivity index (χ0) is 16.8. The van der Waals surface area contributed by atoms with Crippen molar-refractivity contribution >= 4 is 29.1 Å². The molecule has 1 aromatic rings. The minimum Gasteiger partial charge on any atom is -0.497 e. The molecule has 1 aromatic carbocycles. The molecule has 120 valence electrons. The van der Waals surface area contributed by atoms with Gasteiger partial charge in [0.05, 0.1) is 13.5 Å². The second-order valence-electron chi connectivity index (χ2n) is 5.73. The van der Waals surface area contributed by atoms with E-state index in [1.54, 1.807) is 52.1 Å².